The molecule has 37 heavy (non-hydrogen) atoms. The van der Waals surface area contributed by atoms with Gasteiger partial charge in [0.05, 0.1) is 44.2 Å². The van der Waals surface area contributed by atoms with E-state index in [4.69, 9.17) is 14.9 Å². The van der Waals surface area contributed by atoms with E-state index in [-0.39, 0.29) is 34.5 Å². The number of carbonyl (C=O) groups excluding carboxylic acids is 1. The van der Waals surface area contributed by atoms with Crippen LogP contribution in [0, 0.1) is 10.6 Å². The summed E-state index contributed by atoms with van der Waals surface area (Å²) in [4.78, 5) is 14.1. The molecule has 2 heterocycles. The van der Waals surface area contributed by atoms with Crippen molar-refractivity contribution in [1.29, 1.82) is 4.78 Å². The average molecular weight is 542 g/mol. The highest BCUT2D eigenvalue weighted by Crippen LogP contribution is 2.38. The number of halogens is 4. The van der Waals surface area contributed by atoms with E-state index in [0.29, 0.717) is 5.56 Å². The summed E-state index contributed by atoms with van der Waals surface area (Å²) in [6, 6.07) is 5.49. The van der Waals surface area contributed by atoms with E-state index in [1.165, 1.54) is 18.2 Å². The van der Waals surface area contributed by atoms with E-state index in [2.05, 4.69) is 14.9 Å². The summed E-state index contributed by atoms with van der Waals surface area (Å²) in [6.45, 7) is 5.24. The Morgan fingerprint density at radius 3 is 2.41 bits per heavy atom. The SMILES string of the molecule is CC(C)(C)c1nnc(-c2cc3c(cc2F)[S@](=N)(=O)C[C@H](N)C(=O)N3Cc2ccc(OC(F)(F)F)cc2)o1. The molecule has 9 nitrogen and oxygen atoms in total. The van der Waals surface area contributed by atoms with Crippen molar-refractivity contribution in [2.45, 2.75) is 50.0 Å². The second-order valence-electron chi connectivity index (χ2n) is 9.53. The number of hydrogen-bond donors (Lipinski definition) is 2. The summed E-state index contributed by atoms with van der Waals surface area (Å²) in [5.41, 5.74) is 5.55. The number of hydrogen-bond acceptors (Lipinski definition) is 8. The summed E-state index contributed by atoms with van der Waals surface area (Å²) >= 11 is 0. The molecule has 14 heteroatoms. The van der Waals surface area contributed by atoms with E-state index in [1.807, 2.05) is 20.8 Å². The molecule has 1 aromatic heterocycles. The monoisotopic (exact) mass is 541 g/mol. The number of benzene rings is 2. The number of amides is 1. The largest absolute Gasteiger partial charge is 0.573 e. The zero-order chi connectivity index (χ0) is 27.3. The molecule has 1 amide bonds. The van der Waals surface area contributed by atoms with Gasteiger partial charge in [-0.2, -0.15) is 0 Å². The lowest BCUT2D eigenvalue weighted by atomic mass is 9.97. The number of anilines is 1. The van der Waals surface area contributed by atoms with Crippen LogP contribution in [-0.2, 0) is 26.5 Å². The highest BCUT2D eigenvalue weighted by atomic mass is 32.2. The van der Waals surface area contributed by atoms with E-state index >= 15 is 4.39 Å². The molecule has 0 fully saturated rings. The van der Waals surface area contributed by atoms with E-state index in [9.17, 15) is 22.2 Å². The molecule has 0 bridgehead atoms. The number of rotatable bonds is 4. The lowest BCUT2D eigenvalue weighted by Gasteiger charge is -2.25. The van der Waals surface area contributed by atoms with Crippen molar-refractivity contribution in [3.63, 3.8) is 0 Å². The second-order valence-corrected chi connectivity index (χ2v) is 11.7. The van der Waals surface area contributed by atoms with Crippen LogP contribution in [0.2, 0.25) is 0 Å². The van der Waals surface area contributed by atoms with Gasteiger partial charge in [-0.05, 0) is 29.8 Å². The molecular formula is C23H23F4N5O4S. The number of alkyl halides is 3. The summed E-state index contributed by atoms with van der Waals surface area (Å²) in [5, 5.41) is 7.84. The normalized spacial score (nSPS) is 20.5. The second kappa shape index (κ2) is 9.10. The minimum Gasteiger partial charge on any atom is -0.420 e. The molecule has 0 radical (unpaired) electrons. The molecule has 2 aromatic carbocycles. The maximum absolute atomic E-state index is 15.2. The maximum atomic E-state index is 15.2. The summed E-state index contributed by atoms with van der Waals surface area (Å²) in [5.74, 6) is -2.54. The van der Waals surface area contributed by atoms with Gasteiger partial charge in [0, 0.05) is 5.41 Å². The van der Waals surface area contributed by atoms with Crippen LogP contribution in [0.1, 0.15) is 32.2 Å². The molecule has 3 aromatic rings. The molecule has 198 valence electrons. The number of ether oxygens (including phenoxy) is 1. The van der Waals surface area contributed by atoms with Gasteiger partial charge in [0.25, 0.3) is 5.89 Å². The third-order valence-electron chi connectivity index (χ3n) is 5.49. The number of nitrogens with two attached hydrogens (primary N) is 1. The van der Waals surface area contributed by atoms with Gasteiger partial charge in [-0.1, -0.05) is 32.9 Å². The van der Waals surface area contributed by atoms with Crippen LogP contribution in [0.15, 0.2) is 45.7 Å². The number of nitrogens with zero attached hydrogens (tertiary/aromatic N) is 3. The van der Waals surface area contributed by atoms with Crippen molar-refractivity contribution in [2.24, 2.45) is 5.73 Å². The zero-order valence-corrected chi connectivity index (χ0v) is 20.7. The summed E-state index contributed by atoms with van der Waals surface area (Å²) < 4.78 is 83.7. The van der Waals surface area contributed by atoms with Gasteiger partial charge in [-0.3, -0.25) is 4.79 Å². The number of aromatic nitrogens is 2. The molecular weight excluding hydrogens is 518 g/mol. The van der Waals surface area contributed by atoms with Gasteiger partial charge in [0.15, 0.2) is 0 Å². The van der Waals surface area contributed by atoms with Gasteiger partial charge in [-0.15, -0.1) is 23.4 Å². The molecule has 0 saturated carbocycles. The van der Waals surface area contributed by atoms with Crippen molar-refractivity contribution in [3.8, 4) is 17.2 Å². The molecule has 0 saturated heterocycles. The lowest BCUT2D eigenvalue weighted by molar-refractivity contribution is -0.274. The van der Waals surface area contributed by atoms with Crippen LogP contribution in [0.3, 0.4) is 0 Å². The molecule has 0 unspecified atom stereocenters. The van der Waals surface area contributed by atoms with Crippen LogP contribution in [0.4, 0.5) is 23.2 Å². The zero-order valence-electron chi connectivity index (χ0n) is 19.9. The fraction of sp³-hybridized carbons (Fsp3) is 0.348. The van der Waals surface area contributed by atoms with Gasteiger partial charge in [-0.25, -0.2) is 13.4 Å². The topological polar surface area (TPSA) is 135 Å². The predicted octanol–water partition coefficient (Wildman–Crippen LogP) is 4.35. The predicted molar refractivity (Wildman–Crippen MR) is 125 cm³/mol. The van der Waals surface area contributed by atoms with Crippen LogP contribution in [-0.4, -0.2) is 38.5 Å². The van der Waals surface area contributed by atoms with Crippen molar-refractivity contribution < 1.29 is 35.7 Å². The molecule has 3 N–H and O–H groups in total. The van der Waals surface area contributed by atoms with Gasteiger partial charge >= 0.3 is 6.36 Å². The van der Waals surface area contributed by atoms with Crippen molar-refractivity contribution in [2.75, 3.05) is 10.7 Å². The number of nitrogens with one attached hydrogen (secondary N) is 1. The minimum atomic E-state index is -4.87. The third-order valence-corrected chi connectivity index (χ3v) is 7.35. The van der Waals surface area contributed by atoms with E-state index in [0.717, 1.165) is 23.1 Å². The van der Waals surface area contributed by atoms with Gasteiger partial charge in [0.1, 0.15) is 11.6 Å². The minimum absolute atomic E-state index is 0.0551. The van der Waals surface area contributed by atoms with Gasteiger partial charge < -0.3 is 19.8 Å². The highest BCUT2D eigenvalue weighted by Gasteiger charge is 2.36. The Morgan fingerprint density at radius 2 is 1.84 bits per heavy atom. The summed E-state index contributed by atoms with van der Waals surface area (Å²) in [6.07, 6.45) is -4.87. The molecule has 0 spiro atoms. The van der Waals surface area contributed by atoms with Gasteiger partial charge in [0.2, 0.25) is 11.8 Å². The average Bonchev–Trinajstić information content (AvgIpc) is 3.25. The Hall–Kier alpha value is -3.52. The van der Waals surface area contributed by atoms with Crippen molar-refractivity contribution in [1.82, 2.24) is 10.2 Å². The number of carbonyl (C=O) groups is 1. The fourth-order valence-corrected chi connectivity index (χ4v) is 5.32. The first-order valence-corrected chi connectivity index (χ1v) is 12.6. The molecule has 1 aliphatic heterocycles. The summed E-state index contributed by atoms with van der Waals surface area (Å²) in [7, 11) is -3.69. The lowest BCUT2D eigenvalue weighted by Crippen LogP contribution is -2.45. The molecule has 0 aliphatic carbocycles. The smallest absolute Gasteiger partial charge is 0.420 e. The Bertz CT molecular complexity index is 1450. The quantitative estimate of drug-likeness (QED) is 0.469. The third kappa shape index (κ3) is 5.59. The van der Waals surface area contributed by atoms with Crippen LogP contribution < -0.4 is 15.4 Å². The van der Waals surface area contributed by atoms with E-state index < -0.39 is 50.8 Å². The number of fused-ring (bicyclic) bond motifs is 1. The molecule has 4 rings (SSSR count). The Kier molecular flexibility index (Phi) is 6.53. The molecule has 1 aliphatic rings. The van der Waals surface area contributed by atoms with Crippen LogP contribution in [0.25, 0.3) is 11.5 Å². The standard InChI is InChI=1S/C23H23F4N5O4S/c1-22(2,3)21-31-30-19(35-21)14-8-17-18(9-15(14)24)37(29,34)11-16(28)20(33)32(17)10-12-4-6-13(7-5-12)36-23(25,26)27/h4-9,16,29H,10-11,28H2,1-3H3/t16-,37+/m0/s1. The Labute approximate surface area is 209 Å². The fourth-order valence-electron chi connectivity index (χ4n) is 3.69. The maximum Gasteiger partial charge on any atom is 0.573 e. The highest BCUT2D eigenvalue weighted by molar-refractivity contribution is 7.92. The van der Waals surface area contributed by atoms with Crippen molar-refractivity contribution in [3.05, 3.63) is 53.7 Å². The molecule has 2 atom stereocenters. The van der Waals surface area contributed by atoms with Crippen LogP contribution >= 0.6 is 0 Å². The van der Waals surface area contributed by atoms with Crippen LogP contribution in [0.5, 0.6) is 5.75 Å². The van der Waals surface area contributed by atoms with E-state index in [1.54, 1.807) is 0 Å². The Balaban J connectivity index is 1.80. The Morgan fingerprint density at radius 1 is 1.19 bits per heavy atom. The first-order chi connectivity index (χ1) is 17.0. The first kappa shape index (κ1) is 26.5. The van der Waals surface area contributed by atoms with Crippen molar-refractivity contribution >= 4 is 21.3 Å². The first-order valence-electron chi connectivity index (χ1n) is 10.9.